The van der Waals surface area contributed by atoms with Crippen molar-refractivity contribution in [2.45, 2.75) is 0 Å². The monoisotopic (exact) mass is 158 g/mol. The molecule has 4 nitrogen and oxygen atoms in total. The van der Waals surface area contributed by atoms with E-state index in [2.05, 4.69) is 0 Å². The summed E-state index contributed by atoms with van der Waals surface area (Å²) in [5.41, 5.74) is 0. The molecule has 0 spiro atoms. The highest BCUT2D eigenvalue weighted by atomic mass is 32.3. The molecule has 0 atom stereocenters. The van der Waals surface area contributed by atoms with Gasteiger partial charge in [0, 0.05) is 0 Å². The Kier molecular flexibility index (Phi) is 21.1. The van der Waals surface area contributed by atoms with Gasteiger partial charge in [0.25, 0.3) is 0 Å². The van der Waals surface area contributed by atoms with Crippen LogP contribution in [0.15, 0.2) is 0 Å². The van der Waals surface area contributed by atoms with Crippen LogP contribution in [0.1, 0.15) is 0 Å². The first-order valence-corrected chi connectivity index (χ1v) is 2.10. The molecule has 0 fully saturated rings. The minimum absolute atomic E-state index is 0. The molecule has 0 bridgehead atoms. The van der Waals surface area contributed by atoms with Crippen LogP contribution in [0.3, 0.4) is 0 Å². The summed E-state index contributed by atoms with van der Waals surface area (Å²) in [6.45, 7) is 0. The highest BCUT2D eigenvalue weighted by Crippen LogP contribution is 1.59. The molecule has 0 heterocycles. The summed E-state index contributed by atoms with van der Waals surface area (Å²) in [5.74, 6) is 0. The molecule has 0 aromatic heterocycles. The van der Waals surface area contributed by atoms with E-state index in [9.17, 15) is 0 Å². The lowest BCUT2D eigenvalue weighted by molar-refractivity contribution is 0.381. The van der Waals surface area contributed by atoms with Crippen molar-refractivity contribution in [1.82, 2.24) is 0 Å². The zero-order valence-corrected chi connectivity index (χ0v) is 4.16. The van der Waals surface area contributed by atoms with E-state index in [4.69, 9.17) is 17.5 Å². The predicted octanol–water partition coefficient (Wildman–Crippen LogP) is -0.195. The van der Waals surface area contributed by atoms with E-state index in [-0.39, 0.29) is 14.1 Å². The van der Waals surface area contributed by atoms with Crippen LogP contribution < -0.4 is 0 Å². The summed E-state index contributed by atoms with van der Waals surface area (Å²) in [5, 5.41) is 0. The first-order chi connectivity index (χ1) is 2.00. The SMILES string of the molecule is F.F.F.O=S(=O)(O)O. The Bertz CT molecular complexity index is 94.5. The van der Waals surface area contributed by atoms with Gasteiger partial charge >= 0.3 is 10.4 Å². The van der Waals surface area contributed by atoms with Crippen LogP contribution in [0.2, 0.25) is 0 Å². The fraction of sp³-hybridized carbons (Fsp3) is 0. The zero-order chi connectivity index (χ0) is 4.50. The molecule has 0 aromatic carbocycles. The molecule has 0 radical (unpaired) electrons. The van der Waals surface area contributed by atoms with Gasteiger partial charge in [-0.05, 0) is 0 Å². The van der Waals surface area contributed by atoms with Gasteiger partial charge in [0.2, 0.25) is 0 Å². The van der Waals surface area contributed by atoms with Crippen molar-refractivity contribution < 1.29 is 31.6 Å². The quantitative estimate of drug-likeness (QED) is 0.479. The molecule has 0 aliphatic rings. The molecule has 56 valence electrons. The molecule has 8 heteroatoms. The van der Waals surface area contributed by atoms with Gasteiger partial charge in [-0.2, -0.15) is 8.42 Å². The van der Waals surface area contributed by atoms with Crippen molar-refractivity contribution in [3.63, 3.8) is 0 Å². The van der Waals surface area contributed by atoms with Gasteiger partial charge in [-0.1, -0.05) is 0 Å². The maximum absolute atomic E-state index is 8.74. The maximum Gasteiger partial charge on any atom is 0.394 e. The molecule has 0 rings (SSSR count). The van der Waals surface area contributed by atoms with Gasteiger partial charge in [-0.25, -0.2) is 0 Å². The van der Waals surface area contributed by atoms with Crippen LogP contribution in [0.5, 0.6) is 0 Å². The molecular weight excluding hydrogens is 153 g/mol. The van der Waals surface area contributed by atoms with Crippen molar-refractivity contribution >= 4 is 10.4 Å². The van der Waals surface area contributed by atoms with Gasteiger partial charge in [0.1, 0.15) is 0 Å². The Labute approximate surface area is 43.2 Å². The lowest BCUT2D eigenvalue weighted by Crippen LogP contribution is -1.89. The Morgan fingerprint density at radius 2 is 0.875 bits per heavy atom. The van der Waals surface area contributed by atoms with Crippen LogP contribution in [0.25, 0.3) is 0 Å². The molecule has 0 unspecified atom stereocenters. The largest absolute Gasteiger partial charge is 0.394 e. The smallest absolute Gasteiger partial charge is 0.269 e. The van der Waals surface area contributed by atoms with Crippen molar-refractivity contribution in [2.75, 3.05) is 0 Å². The molecule has 0 aromatic rings. The second kappa shape index (κ2) is 6.66. The standard InChI is InChI=1S/3FH.H2O4S/c;;;1-5(2,3)4/h3*1H;(H2,1,2,3,4). The third kappa shape index (κ3) is 1060. The number of rotatable bonds is 0. The second-order valence-electron chi connectivity index (χ2n) is 0.448. The molecule has 2 N–H and O–H groups in total. The van der Waals surface area contributed by atoms with Crippen LogP contribution in [0, 0.1) is 0 Å². The van der Waals surface area contributed by atoms with Crippen LogP contribution in [-0.4, -0.2) is 17.5 Å². The van der Waals surface area contributed by atoms with E-state index in [1.165, 1.54) is 0 Å². The topological polar surface area (TPSA) is 74.6 Å². The molecule has 0 aliphatic heterocycles. The molecule has 8 heavy (non-hydrogen) atoms. The Morgan fingerprint density at radius 1 is 0.875 bits per heavy atom. The normalized spacial score (nSPS) is 7.25. The van der Waals surface area contributed by atoms with Crippen molar-refractivity contribution in [2.24, 2.45) is 0 Å². The average molecular weight is 158 g/mol. The van der Waals surface area contributed by atoms with Crippen molar-refractivity contribution in [3.05, 3.63) is 0 Å². The summed E-state index contributed by atoms with van der Waals surface area (Å²) >= 11 is 0. The Morgan fingerprint density at radius 3 is 0.875 bits per heavy atom. The molecular formula is H5F3O4S. The third-order valence-electron chi connectivity index (χ3n) is 0. The van der Waals surface area contributed by atoms with Gasteiger partial charge in [-0.3, -0.25) is 23.2 Å². The molecule has 0 amide bonds. The van der Waals surface area contributed by atoms with E-state index >= 15 is 0 Å². The van der Waals surface area contributed by atoms with E-state index < -0.39 is 10.4 Å². The average Bonchev–Trinajstić information content (AvgIpc) is 0.722. The minimum atomic E-state index is -4.67. The highest BCUT2D eigenvalue weighted by molar-refractivity contribution is 7.79. The van der Waals surface area contributed by atoms with Crippen LogP contribution in [0.4, 0.5) is 14.1 Å². The second-order valence-corrected chi connectivity index (χ2v) is 1.34. The zero-order valence-electron chi connectivity index (χ0n) is 3.34. The lowest BCUT2D eigenvalue weighted by Gasteiger charge is -1.68. The summed E-state index contributed by atoms with van der Waals surface area (Å²) in [4.78, 5) is 0. The minimum Gasteiger partial charge on any atom is -0.269 e. The fourth-order valence-electron chi connectivity index (χ4n) is 0. The Hall–Kier alpha value is -0.340. The first-order valence-electron chi connectivity index (χ1n) is 0.698. The van der Waals surface area contributed by atoms with Gasteiger partial charge in [0.15, 0.2) is 0 Å². The summed E-state index contributed by atoms with van der Waals surface area (Å²) in [6, 6.07) is 0. The van der Waals surface area contributed by atoms with Gasteiger partial charge in [-0.15, -0.1) is 0 Å². The van der Waals surface area contributed by atoms with Crippen molar-refractivity contribution in [1.29, 1.82) is 0 Å². The first kappa shape index (κ1) is 25.4. The fourth-order valence-corrected chi connectivity index (χ4v) is 0. The molecule has 0 saturated heterocycles. The van der Waals surface area contributed by atoms with Gasteiger partial charge in [0.05, 0.1) is 0 Å². The van der Waals surface area contributed by atoms with E-state index in [0.29, 0.717) is 0 Å². The van der Waals surface area contributed by atoms with Gasteiger partial charge < -0.3 is 0 Å². The van der Waals surface area contributed by atoms with Crippen molar-refractivity contribution in [3.8, 4) is 0 Å². The summed E-state index contributed by atoms with van der Waals surface area (Å²) in [6.07, 6.45) is 0. The molecule has 0 saturated carbocycles. The van der Waals surface area contributed by atoms with E-state index in [1.54, 1.807) is 0 Å². The van der Waals surface area contributed by atoms with E-state index in [0.717, 1.165) is 0 Å². The van der Waals surface area contributed by atoms with E-state index in [1.807, 2.05) is 0 Å². The summed E-state index contributed by atoms with van der Waals surface area (Å²) in [7, 11) is -4.67. The van der Waals surface area contributed by atoms with Crippen LogP contribution in [-0.2, 0) is 10.4 Å². The number of halogens is 3. The summed E-state index contributed by atoms with van der Waals surface area (Å²) < 4.78 is 31.6. The molecule has 0 aliphatic carbocycles. The maximum atomic E-state index is 8.74. The lowest BCUT2D eigenvalue weighted by atomic mass is 15.8. The predicted molar refractivity (Wildman–Crippen MR) is 21.7 cm³/mol. The van der Waals surface area contributed by atoms with Crippen LogP contribution >= 0.6 is 0 Å². The third-order valence-corrected chi connectivity index (χ3v) is 0. The Balaban J connectivity index is -0.0000000267. The number of hydrogen-bond acceptors (Lipinski definition) is 2. The highest BCUT2D eigenvalue weighted by Gasteiger charge is 1.84. The number of hydrogen-bond donors (Lipinski definition) is 2.